The lowest BCUT2D eigenvalue weighted by Gasteiger charge is -2.38. The minimum Gasteiger partial charge on any atom is -0.372 e. The van der Waals surface area contributed by atoms with Gasteiger partial charge in [0.1, 0.15) is 4.32 Å². The van der Waals surface area contributed by atoms with Crippen molar-refractivity contribution < 1.29 is 9.53 Å². The summed E-state index contributed by atoms with van der Waals surface area (Å²) in [4.78, 5) is 31.3. The van der Waals surface area contributed by atoms with Crippen molar-refractivity contribution in [2.24, 2.45) is 7.05 Å². The molecule has 4 rings (SSSR count). The molecule has 3 heterocycles. The van der Waals surface area contributed by atoms with Crippen molar-refractivity contribution in [2.45, 2.75) is 58.7 Å². The van der Waals surface area contributed by atoms with Gasteiger partial charge in [0.15, 0.2) is 0 Å². The molecule has 2 saturated heterocycles. The Morgan fingerprint density at radius 3 is 2.53 bits per heavy atom. The van der Waals surface area contributed by atoms with E-state index in [1.54, 1.807) is 22.6 Å². The second kappa shape index (κ2) is 10.6. The van der Waals surface area contributed by atoms with Crippen molar-refractivity contribution in [1.29, 1.82) is 0 Å². The third-order valence-electron chi connectivity index (χ3n) is 6.43. The average Bonchev–Trinajstić information content (AvgIpc) is 3.06. The van der Waals surface area contributed by atoms with E-state index in [0.29, 0.717) is 34.4 Å². The molecule has 6 nitrogen and oxygen atoms in total. The highest BCUT2D eigenvalue weighted by Gasteiger charge is 2.33. The number of nitrogens with zero attached hydrogens (tertiary/aromatic N) is 3. The number of amides is 1. The zero-order valence-corrected chi connectivity index (χ0v) is 22.0. The van der Waals surface area contributed by atoms with Crippen molar-refractivity contribution in [1.82, 2.24) is 9.47 Å². The molecular weight excluding hydrogens is 466 g/mol. The van der Waals surface area contributed by atoms with Crippen molar-refractivity contribution in [3.8, 4) is 0 Å². The Bertz CT molecular complexity index is 1180. The molecule has 182 valence electrons. The van der Waals surface area contributed by atoms with Crippen LogP contribution in [0, 0.1) is 0 Å². The highest BCUT2D eigenvalue weighted by Crippen LogP contribution is 2.37. The summed E-state index contributed by atoms with van der Waals surface area (Å²) in [5.41, 5.74) is 2.16. The lowest BCUT2D eigenvalue weighted by Crippen LogP contribution is -2.46. The molecule has 0 radical (unpaired) electrons. The fourth-order valence-electron chi connectivity index (χ4n) is 4.85. The summed E-state index contributed by atoms with van der Waals surface area (Å²) in [5, 5.41) is 0.993. The average molecular weight is 500 g/mol. The molecule has 0 saturated carbocycles. The normalized spacial score (nSPS) is 22.4. The first-order chi connectivity index (χ1) is 16.3. The molecule has 0 N–H and O–H groups in total. The third kappa shape index (κ3) is 4.95. The van der Waals surface area contributed by atoms with Crippen LogP contribution in [0.2, 0.25) is 0 Å². The highest BCUT2D eigenvalue weighted by molar-refractivity contribution is 8.26. The summed E-state index contributed by atoms with van der Waals surface area (Å²) in [6.07, 6.45) is 6.15. The Balaban J connectivity index is 1.79. The van der Waals surface area contributed by atoms with Gasteiger partial charge in [-0.05, 0) is 32.4 Å². The first-order valence-corrected chi connectivity index (χ1v) is 13.3. The summed E-state index contributed by atoms with van der Waals surface area (Å²) in [5.74, 6) is -0.101. The van der Waals surface area contributed by atoms with Gasteiger partial charge in [0.25, 0.3) is 11.5 Å². The van der Waals surface area contributed by atoms with E-state index in [4.69, 9.17) is 17.0 Å². The molecule has 1 aromatic carbocycles. The van der Waals surface area contributed by atoms with Crippen molar-refractivity contribution in [2.75, 3.05) is 24.5 Å². The minimum absolute atomic E-state index is 0.0424. The van der Waals surface area contributed by atoms with Gasteiger partial charge in [0, 0.05) is 32.1 Å². The number of thiocarbonyl (C=S) groups is 1. The number of morpholine rings is 1. The van der Waals surface area contributed by atoms with Crippen LogP contribution in [-0.4, -0.2) is 51.5 Å². The van der Waals surface area contributed by atoms with E-state index in [2.05, 4.69) is 25.7 Å². The number of hydrogen-bond acceptors (Lipinski definition) is 6. The fourth-order valence-corrected chi connectivity index (χ4v) is 6.14. The first kappa shape index (κ1) is 24.9. The van der Waals surface area contributed by atoms with Crippen molar-refractivity contribution >= 4 is 56.9 Å². The summed E-state index contributed by atoms with van der Waals surface area (Å²) in [6, 6.07) is 7.95. The molecule has 2 aromatic rings. The number of fused-ring (bicyclic) bond motifs is 1. The van der Waals surface area contributed by atoms with Crippen LogP contribution in [0.5, 0.6) is 0 Å². The molecule has 2 aliphatic rings. The van der Waals surface area contributed by atoms with Crippen LogP contribution in [0.3, 0.4) is 0 Å². The van der Waals surface area contributed by atoms with Gasteiger partial charge < -0.3 is 14.2 Å². The Morgan fingerprint density at radius 2 is 1.82 bits per heavy atom. The second-order valence-electron chi connectivity index (χ2n) is 9.20. The predicted octanol–water partition coefficient (Wildman–Crippen LogP) is 4.93. The number of anilines is 1. The van der Waals surface area contributed by atoms with Gasteiger partial charge in [0.2, 0.25) is 0 Å². The molecule has 8 heteroatoms. The van der Waals surface area contributed by atoms with Gasteiger partial charge in [-0.3, -0.25) is 14.5 Å². The number of para-hydroxylation sites is 1. The molecule has 1 amide bonds. The number of rotatable bonds is 7. The number of carbonyl (C=O) groups is 1. The van der Waals surface area contributed by atoms with Crippen LogP contribution in [0.1, 0.15) is 52.0 Å². The standard InChI is InChI=1S/C26H33N3O3S2/c1-5-6-7-10-13-29-25(31)22(34-26(29)33)14-20-23(28-15-17(2)32-18(3)16-28)19-11-8-9-12-21(19)27(4)24(20)30/h8-9,11-12,14,17-18H,5-7,10,13,15-16H2,1-4H3. The maximum Gasteiger partial charge on any atom is 0.266 e. The van der Waals surface area contributed by atoms with E-state index in [1.165, 1.54) is 11.8 Å². The number of thioether (sulfide) groups is 1. The van der Waals surface area contributed by atoms with Gasteiger partial charge in [-0.1, -0.05) is 68.4 Å². The number of ether oxygens (including phenoxy) is 1. The van der Waals surface area contributed by atoms with E-state index >= 15 is 0 Å². The van der Waals surface area contributed by atoms with Gasteiger partial charge in [-0.15, -0.1) is 0 Å². The summed E-state index contributed by atoms with van der Waals surface area (Å²) in [6.45, 7) is 8.26. The first-order valence-electron chi connectivity index (χ1n) is 12.1. The Kier molecular flexibility index (Phi) is 7.80. The molecule has 2 atom stereocenters. The van der Waals surface area contributed by atoms with E-state index in [0.717, 1.165) is 42.3 Å². The zero-order chi connectivity index (χ0) is 24.4. The van der Waals surface area contributed by atoms with Crippen molar-refractivity contribution in [3.63, 3.8) is 0 Å². The van der Waals surface area contributed by atoms with Gasteiger partial charge in [0.05, 0.1) is 33.9 Å². The molecule has 0 spiro atoms. The molecule has 0 bridgehead atoms. The van der Waals surface area contributed by atoms with Crippen LogP contribution in [0.15, 0.2) is 34.0 Å². The molecule has 0 aliphatic carbocycles. The minimum atomic E-state index is -0.117. The molecular formula is C26H33N3O3S2. The Hall–Kier alpha value is -2.16. The van der Waals surface area contributed by atoms with Gasteiger partial charge >= 0.3 is 0 Å². The Labute approximate surface area is 210 Å². The van der Waals surface area contributed by atoms with Gasteiger partial charge in [-0.2, -0.15) is 0 Å². The van der Waals surface area contributed by atoms with Crippen LogP contribution >= 0.6 is 24.0 Å². The van der Waals surface area contributed by atoms with E-state index < -0.39 is 0 Å². The van der Waals surface area contributed by atoms with E-state index in [9.17, 15) is 9.59 Å². The fraction of sp³-hybridized carbons (Fsp3) is 0.500. The zero-order valence-electron chi connectivity index (χ0n) is 20.4. The number of carbonyl (C=O) groups excluding carboxylic acids is 1. The largest absolute Gasteiger partial charge is 0.372 e. The highest BCUT2D eigenvalue weighted by atomic mass is 32.2. The molecule has 2 fully saturated rings. The SMILES string of the molecule is CCCCCCN1C(=O)C(=Cc2c(N3CC(C)OC(C)C3)c3ccccc3n(C)c2=O)SC1=S. The topological polar surface area (TPSA) is 54.8 Å². The molecule has 2 aliphatic heterocycles. The van der Waals surface area contributed by atoms with Crippen LogP contribution in [-0.2, 0) is 16.6 Å². The number of aryl methyl sites for hydroxylation is 1. The monoisotopic (exact) mass is 499 g/mol. The smallest absolute Gasteiger partial charge is 0.266 e. The summed E-state index contributed by atoms with van der Waals surface area (Å²) >= 11 is 6.82. The van der Waals surface area contributed by atoms with E-state index in [-0.39, 0.29) is 23.7 Å². The number of unbranched alkanes of at least 4 members (excludes halogenated alkanes) is 3. The van der Waals surface area contributed by atoms with Crippen LogP contribution in [0.4, 0.5) is 5.69 Å². The van der Waals surface area contributed by atoms with Crippen molar-refractivity contribution in [3.05, 3.63) is 45.1 Å². The number of pyridine rings is 1. The number of aromatic nitrogens is 1. The Morgan fingerprint density at radius 1 is 1.12 bits per heavy atom. The maximum absolute atomic E-state index is 13.6. The number of hydrogen-bond donors (Lipinski definition) is 0. The summed E-state index contributed by atoms with van der Waals surface area (Å²) in [7, 11) is 1.79. The second-order valence-corrected chi connectivity index (χ2v) is 10.9. The van der Waals surface area contributed by atoms with Crippen LogP contribution < -0.4 is 10.5 Å². The van der Waals surface area contributed by atoms with E-state index in [1.807, 2.05) is 24.3 Å². The molecule has 34 heavy (non-hydrogen) atoms. The predicted molar refractivity (Wildman–Crippen MR) is 145 cm³/mol. The van der Waals surface area contributed by atoms with Gasteiger partial charge in [-0.25, -0.2) is 0 Å². The lowest BCUT2D eigenvalue weighted by molar-refractivity contribution is -0.122. The maximum atomic E-state index is 13.6. The molecule has 1 aromatic heterocycles. The lowest BCUT2D eigenvalue weighted by atomic mass is 10.0. The summed E-state index contributed by atoms with van der Waals surface area (Å²) < 4.78 is 8.19. The quantitative estimate of drug-likeness (QED) is 0.306. The van der Waals surface area contributed by atoms with Crippen LogP contribution in [0.25, 0.3) is 17.0 Å². The number of benzene rings is 1. The third-order valence-corrected chi connectivity index (χ3v) is 7.81. The molecule has 2 unspecified atom stereocenters.